The van der Waals surface area contributed by atoms with Crippen molar-refractivity contribution >= 4 is 11.8 Å². The third kappa shape index (κ3) is 2.76. The highest BCUT2D eigenvalue weighted by atomic mass is 19.4. The van der Waals surface area contributed by atoms with Crippen LogP contribution in [0.4, 0.5) is 13.2 Å². The van der Waals surface area contributed by atoms with Crippen molar-refractivity contribution in [1.29, 1.82) is 0 Å². The summed E-state index contributed by atoms with van der Waals surface area (Å²) in [6.07, 6.45) is -3.70. The van der Waals surface area contributed by atoms with Crippen LogP contribution in [-0.2, 0) is 9.59 Å². The Kier molecular flexibility index (Phi) is 3.25. The van der Waals surface area contributed by atoms with Crippen molar-refractivity contribution in [2.24, 2.45) is 5.92 Å². The Bertz CT molecular complexity index is 366. The molecule has 1 saturated heterocycles. The van der Waals surface area contributed by atoms with Gasteiger partial charge in [0, 0.05) is 6.54 Å². The van der Waals surface area contributed by atoms with Gasteiger partial charge in [-0.2, -0.15) is 13.2 Å². The lowest BCUT2D eigenvalue weighted by Gasteiger charge is -2.37. The van der Waals surface area contributed by atoms with Crippen molar-refractivity contribution in [3.8, 4) is 0 Å². The second kappa shape index (κ2) is 4.44. The Morgan fingerprint density at radius 2 is 1.94 bits per heavy atom. The highest BCUT2D eigenvalue weighted by Gasteiger charge is 2.46. The zero-order valence-electron chi connectivity index (χ0n) is 9.96. The molecule has 0 bridgehead atoms. The van der Waals surface area contributed by atoms with Crippen LogP contribution < -0.4 is 5.32 Å². The van der Waals surface area contributed by atoms with Crippen molar-refractivity contribution in [1.82, 2.24) is 10.2 Å². The van der Waals surface area contributed by atoms with Gasteiger partial charge < -0.3 is 10.2 Å². The smallest absolute Gasteiger partial charge is 0.342 e. The number of nitrogens with one attached hydrogen (secondary N) is 1. The van der Waals surface area contributed by atoms with Crippen LogP contribution in [0.5, 0.6) is 0 Å². The van der Waals surface area contributed by atoms with Gasteiger partial charge in [0.15, 0.2) is 0 Å². The molecule has 0 aromatic carbocycles. The monoisotopic (exact) mass is 264 g/mol. The highest BCUT2D eigenvalue weighted by molar-refractivity contribution is 5.97. The number of carbonyl (C=O) groups excluding carboxylic acids is 2. The first kappa shape index (κ1) is 13.2. The summed E-state index contributed by atoms with van der Waals surface area (Å²) in [5.41, 5.74) is 0. The maximum Gasteiger partial charge on any atom is 0.390 e. The van der Waals surface area contributed by atoms with Gasteiger partial charge >= 0.3 is 6.18 Å². The molecule has 0 aromatic heterocycles. The average molecular weight is 264 g/mol. The molecule has 0 radical (unpaired) electrons. The van der Waals surface area contributed by atoms with E-state index in [2.05, 4.69) is 5.32 Å². The number of carbonyl (C=O) groups is 2. The van der Waals surface area contributed by atoms with Crippen LogP contribution in [0.25, 0.3) is 0 Å². The maximum absolute atomic E-state index is 12.2. The summed E-state index contributed by atoms with van der Waals surface area (Å²) in [5.74, 6) is -0.648. The summed E-state index contributed by atoms with van der Waals surface area (Å²) in [6, 6.07) is -1.45. The number of alkyl halides is 3. The topological polar surface area (TPSA) is 49.4 Å². The zero-order valence-corrected chi connectivity index (χ0v) is 9.96. The van der Waals surface area contributed by atoms with Crippen LogP contribution in [-0.4, -0.2) is 41.5 Å². The van der Waals surface area contributed by atoms with E-state index in [1.54, 1.807) is 0 Å². The summed E-state index contributed by atoms with van der Waals surface area (Å²) in [6.45, 7) is 1.01. The molecule has 1 aliphatic carbocycles. The molecule has 1 N–H and O–H groups in total. The molecule has 0 spiro atoms. The van der Waals surface area contributed by atoms with E-state index in [9.17, 15) is 22.8 Å². The predicted octanol–water partition coefficient (Wildman–Crippen LogP) is 1.06. The lowest BCUT2D eigenvalue weighted by molar-refractivity contribution is -0.157. The third-order valence-corrected chi connectivity index (χ3v) is 3.42. The Morgan fingerprint density at radius 3 is 2.44 bits per heavy atom. The van der Waals surface area contributed by atoms with Gasteiger partial charge in [0.05, 0.1) is 6.42 Å². The normalized spacial score (nSPS) is 29.4. The van der Waals surface area contributed by atoms with E-state index in [4.69, 9.17) is 0 Å². The molecule has 4 nitrogen and oxygen atoms in total. The van der Waals surface area contributed by atoms with Gasteiger partial charge in [-0.3, -0.25) is 9.59 Å². The molecule has 2 fully saturated rings. The van der Waals surface area contributed by atoms with Crippen molar-refractivity contribution in [2.45, 2.75) is 44.4 Å². The summed E-state index contributed by atoms with van der Waals surface area (Å²) in [4.78, 5) is 24.7. The molecular formula is C11H15F3N2O2. The second-order valence-corrected chi connectivity index (χ2v) is 4.90. The first-order valence-electron chi connectivity index (χ1n) is 5.97. The SMILES string of the molecule is CC1C(=O)NC(C2CC2)C(=O)N1CCC(F)(F)F. The van der Waals surface area contributed by atoms with E-state index in [1.807, 2.05) is 0 Å². The summed E-state index contributed by atoms with van der Waals surface area (Å²) >= 11 is 0. The molecule has 102 valence electrons. The minimum absolute atomic E-state index is 0.0994. The molecule has 2 unspecified atom stereocenters. The highest BCUT2D eigenvalue weighted by Crippen LogP contribution is 2.35. The molecule has 2 rings (SSSR count). The first-order chi connectivity index (χ1) is 8.29. The fourth-order valence-electron chi connectivity index (χ4n) is 2.15. The van der Waals surface area contributed by atoms with Gasteiger partial charge in [-0.15, -0.1) is 0 Å². The van der Waals surface area contributed by atoms with E-state index >= 15 is 0 Å². The molecule has 0 aromatic rings. The summed E-state index contributed by atoms with van der Waals surface area (Å²) in [5, 5.41) is 2.59. The summed E-state index contributed by atoms with van der Waals surface area (Å²) in [7, 11) is 0. The predicted molar refractivity (Wildman–Crippen MR) is 56.5 cm³/mol. The van der Waals surface area contributed by atoms with Gasteiger partial charge in [0.2, 0.25) is 11.8 Å². The minimum Gasteiger partial charge on any atom is -0.342 e. The van der Waals surface area contributed by atoms with Crippen LogP contribution in [0.3, 0.4) is 0 Å². The van der Waals surface area contributed by atoms with Crippen molar-refractivity contribution in [3.05, 3.63) is 0 Å². The number of amides is 2. The average Bonchev–Trinajstić information content (AvgIpc) is 3.05. The quantitative estimate of drug-likeness (QED) is 0.828. The molecule has 18 heavy (non-hydrogen) atoms. The van der Waals surface area contributed by atoms with E-state index in [-0.39, 0.29) is 17.7 Å². The number of halogens is 3. The van der Waals surface area contributed by atoms with E-state index in [1.165, 1.54) is 6.92 Å². The molecule has 7 heteroatoms. The number of hydrogen-bond acceptors (Lipinski definition) is 2. The van der Waals surface area contributed by atoms with Gasteiger partial charge in [0.1, 0.15) is 12.1 Å². The Hall–Kier alpha value is -1.27. The van der Waals surface area contributed by atoms with Crippen LogP contribution in [0.2, 0.25) is 0 Å². The van der Waals surface area contributed by atoms with E-state index < -0.39 is 31.2 Å². The standard InChI is InChI=1S/C11H15F3N2O2/c1-6-9(17)15-8(7-2-3-7)10(18)16(6)5-4-11(12,13)14/h6-8H,2-5H2,1H3,(H,15,17). The Balaban J connectivity index is 2.04. The number of piperazine rings is 1. The first-order valence-corrected chi connectivity index (χ1v) is 5.97. The molecule has 2 amide bonds. The number of nitrogens with zero attached hydrogens (tertiary/aromatic N) is 1. The van der Waals surface area contributed by atoms with Gasteiger partial charge in [-0.1, -0.05) is 0 Å². The second-order valence-electron chi connectivity index (χ2n) is 4.90. The van der Waals surface area contributed by atoms with Gasteiger partial charge in [-0.05, 0) is 25.7 Å². The maximum atomic E-state index is 12.2. The van der Waals surface area contributed by atoms with Gasteiger partial charge in [-0.25, -0.2) is 0 Å². The van der Waals surface area contributed by atoms with Crippen LogP contribution in [0.1, 0.15) is 26.2 Å². The fourth-order valence-corrected chi connectivity index (χ4v) is 2.15. The van der Waals surface area contributed by atoms with Crippen molar-refractivity contribution in [2.75, 3.05) is 6.54 Å². The van der Waals surface area contributed by atoms with Crippen molar-refractivity contribution < 1.29 is 22.8 Å². The van der Waals surface area contributed by atoms with Gasteiger partial charge in [0.25, 0.3) is 0 Å². The number of rotatable bonds is 3. The molecule has 1 heterocycles. The molecule has 2 atom stereocenters. The van der Waals surface area contributed by atoms with Crippen molar-refractivity contribution in [3.63, 3.8) is 0 Å². The molecule has 1 aliphatic heterocycles. The van der Waals surface area contributed by atoms with Crippen LogP contribution in [0.15, 0.2) is 0 Å². The molecular weight excluding hydrogens is 249 g/mol. The Morgan fingerprint density at radius 1 is 1.33 bits per heavy atom. The van der Waals surface area contributed by atoms with E-state index in [0.29, 0.717) is 0 Å². The minimum atomic E-state index is -4.32. The summed E-state index contributed by atoms with van der Waals surface area (Å²) < 4.78 is 36.6. The Labute approximate surface area is 103 Å². The largest absolute Gasteiger partial charge is 0.390 e. The van der Waals surface area contributed by atoms with Crippen LogP contribution >= 0.6 is 0 Å². The zero-order chi connectivity index (χ0) is 13.5. The molecule has 1 saturated carbocycles. The molecule has 2 aliphatic rings. The lowest BCUT2D eigenvalue weighted by atomic mass is 10.0. The van der Waals surface area contributed by atoms with Crippen LogP contribution in [0, 0.1) is 5.92 Å². The third-order valence-electron chi connectivity index (χ3n) is 3.42. The number of hydrogen-bond donors (Lipinski definition) is 1. The van der Waals surface area contributed by atoms with E-state index in [0.717, 1.165) is 17.7 Å². The lowest BCUT2D eigenvalue weighted by Crippen LogP contribution is -2.63. The fraction of sp³-hybridized carbons (Fsp3) is 0.818.